The molecule has 5 nitrogen and oxygen atoms in total. The fourth-order valence-corrected chi connectivity index (χ4v) is 3.90. The van der Waals surface area contributed by atoms with E-state index in [9.17, 15) is 4.79 Å². The molecule has 1 heterocycles. The van der Waals surface area contributed by atoms with Gasteiger partial charge in [0.05, 0.1) is 17.6 Å². The number of amides is 1. The molecule has 0 radical (unpaired) electrons. The summed E-state index contributed by atoms with van der Waals surface area (Å²) in [7, 11) is 0. The molecule has 1 aromatic heterocycles. The van der Waals surface area contributed by atoms with Crippen molar-refractivity contribution in [2.75, 3.05) is 13.2 Å². The monoisotopic (exact) mass is 459 g/mol. The van der Waals surface area contributed by atoms with Gasteiger partial charge >= 0.3 is 0 Å². The van der Waals surface area contributed by atoms with Crippen LogP contribution < -0.4 is 10.1 Å². The first kappa shape index (κ1) is 22.6. The van der Waals surface area contributed by atoms with Crippen LogP contribution in [0.25, 0.3) is 11.0 Å². The van der Waals surface area contributed by atoms with Crippen LogP contribution in [0, 0.1) is 0 Å². The van der Waals surface area contributed by atoms with E-state index in [4.69, 9.17) is 21.3 Å². The normalized spacial score (nSPS) is 10.8. The number of rotatable bonds is 10. The first-order chi connectivity index (χ1) is 16.2. The zero-order valence-electron chi connectivity index (χ0n) is 18.3. The Bertz CT molecular complexity index is 1250. The van der Waals surface area contributed by atoms with Crippen molar-refractivity contribution in [2.24, 2.45) is 0 Å². The fourth-order valence-electron chi connectivity index (χ4n) is 3.77. The second-order valence-electron chi connectivity index (χ2n) is 7.63. The molecule has 4 aromatic rings. The number of imidazole rings is 1. The van der Waals surface area contributed by atoms with Gasteiger partial charge < -0.3 is 14.6 Å². The Kier molecular flexibility index (Phi) is 7.43. The highest BCUT2D eigenvalue weighted by molar-refractivity contribution is 6.30. The minimum absolute atomic E-state index is 0.128. The molecular formula is C27H26ClN3O2. The van der Waals surface area contributed by atoms with E-state index in [1.165, 1.54) is 0 Å². The summed E-state index contributed by atoms with van der Waals surface area (Å²) in [6.07, 6.45) is 3.26. The van der Waals surface area contributed by atoms with Crippen LogP contribution in [0.3, 0.4) is 0 Å². The van der Waals surface area contributed by atoms with Crippen molar-refractivity contribution >= 4 is 28.5 Å². The van der Waals surface area contributed by atoms with Crippen LogP contribution in [0.1, 0.15) is 21.7 Å². The Morgan fingerprint density at radius 3 is 2.64 bits per heavy atom. The van der Waals surface area contributed by atoms with E-state index in [0.717, 1.165) is 34.6 Å². The number of carbonyl (C=O) groups excluding carboxylic acids is 1. The summed E-state index contributed by atoms with van der Waals surface area (Å²) < 4.78 is 8.27. The lowest BCUT2D eigenvalue weighted by Gasteiger charge is -2.13. The summed E-state index contributed by atoms with van der Waals surface area (Å²) >= 11 is 5.90. The maximum Gasteiger partial charge on any atom is 0.251 e. The Labute approximate surface area is 198 Å². The fraction of sp³-hybridized carbons (Fsp3) is 0.185. The van der Waals surface area contributed by atoms with Gasteiger partial charge in [-0.05, 0) is 54.4 Å². The predicted octanol–water partition coefficient (Wildman–Crippen LogP) is 5.47. The SMILES string of the molecule is C=CCc1ccccc1OCCn1c(CCNC(=O)c2ccc(Cl)cc2)nc2ccccc21. The van der Waals surface area contributed by atoms with Crippen LogP contribution in [0.2, 0.25) is 5.02 Å². The van der Waals surface area contributed by atoms with Crippen molar-refractivity contribution in [3.05, 3.63) is 107 Å². The Balaban J connectivity index is 1.43. The first-order valence-electron chi connectivity index (χ1n) is 10.9. The van der Waals surface area contributed by atoms with E-state index in [0.29, 0.717) is 36.7 Å². The van der Waals surface area contributed by atoms with E-state index >= 15 is 0 Å². The maximum absolute atomic E-state index is 12.4. The van der Waals surface area contributed by atoms with Gasteiger partial charge in [-0.15, -0.1) is 6.58 Å². The van der Waals surface area contributed by atoms with Crippen LogP contribution >= 0.6 is 11.6 Å². The minimum Gasteiger partial charge on any atom is -0.491 e. The molecule has 0 aliphatic carbocycles. The maximum atomic E-state index is 12.4. The molecular weight excluding hydrogens is 434 g/mol. The molecule has 0 aliphatic rings. The third-order valence-corrected chi connectivity index (χ3v) is 5.64. The average Bonchev–Trinajstić information content (AvgIpc) is 3.18. The van der Waals surface area contributed by atoms with Crippen molar-refractivity contribution in [3.8, 4) is 5.75 Å². The molecule has 4 rings (SSSR count). The van der Waals surface area contributed by atoms with Crippen LogP contribution in [-0.2, 0) is 19.4 Å². The zero-order valence-corrected chi connectivity index (χ0v) is 19.1. The molecule has 168 valence electrons. The van der Waals surface area contributed by atoms with Crippen molar-refractivity contribution in [1.82, 2.24) is 14.9 Å². The number of nitrogens with zero attached hydrogens (tertiary/aromatic N) is 2. The second-order valence-corrected chi connectivity index (χ2v) is 8.07. The molecule has 0 spiro atoms. The Morgan fingerprint density at radius 2 is 1.82 bits per heavy atom. The molecule has 0 saturated heterocycles. The van der Waals surface area contributed by atoms with Crippen LogP contribution in [0.5, 0.6) is 5.75 Å². The number of ether oxygens (including phenoxy) is 1. The third-order valence-electron chi connectivity index (χ3n) is 5.38. The van der Waals surface area contributed by atoms with Crippen molar-refractivity contribution in [2.45, 2.75) is 19.4 Å². The lowest BCUT2D eigenvalue weighted by atomic mass is 10.1. The second kappa shape index (κ2) is 10.8. The molecule has 0 bridgehead atoms. The van der Waals surface area contributed by atoms with Gasteiger partial charge in [-0.1, -0.05) is 48.0 Å². The number of fused-ring (bicyclic) bond motifs is 1. The summed E-state index contributed by atoms with van der Waals surface area (Å²) in [5, 5.41) is 3.57. The van der Waals surface area contributed by atoms with Gasteiger partial charge in [0.1, 0.15) is 18.2 Å². The number of para-hydroxylation sites is 3. The number of hydrogen-bond acceptors (Lipinski definition) is 3. The Morgan fingerprint density at radius 1 is 1.06 bits per heavy atom. The summed E-state index contributed by atoms with van der Waals surface area (Å²) in [5.74, 6) is 1.66. The molecule has 33 heavy (non-hydrogen) atoms. The predicted molar refractivity (Wildman–Crippen MR) is 133 cm³/mol. The van der Waals surface area contributed by atoms with Crippen LogP contribution in [0.15, 0.2) is 85.5 Å². The summed E-state index contributed by atoms with van der Waals surface area (Å²) in [6.45, 7) is 5.47. The molecule has 0 saturated carbocycles. The van der Waals surface area contributed by atoms with E-state index < -0.39 is 0 Å². The summed E-state index contributed by atoms with van der Waals surface area (Å²) in [5.41, 5.74) is 3.69. The van der Waals surface area contributed by atoms with Gasteiger partial charge in [-0.25, -0.2) is 4.98 Å². The number of aromatic nitrogens is 2. The average molecular weight is 460 g/mol. The first-order valence-corrected chi connectivity index (χ1v) is 11.3. The number of halogens is 1. The van der Waals surface area contributed by atoms with E-state index in [-0.39, 0.29) is 5.91 Å². The summed E-state index contributed by atoms with van der Waals surface area (Å²) in [4.78, 5) is 17.2. The van der Waals surface area contributed by atoms with E-state index in [2.05, 4.69) is 28.6 Å². The van der Waals surface area contributed by atoms with Crippen molar-refractivity contribution < 1.29 is 9.53 Å². The number of hydrogen-bond donors (Lipinski definition) is 1. The molecule has 1 N–H and O–H groups in total. The van der Waals surface area contributed by atoms with Crippen molar-refractivity contribution in [3.63, 3.8) is 0 Å². The highest BCUT2D eigenvalue weighted by Crippen LogP contribution is 2.20. The van der Waals surface area contributed by atoms with Gasteiger partial charge in [-0.2, -0.15) is 0 Å². The summed E-state index contributed by atoms with van der Waals surface area (Å²) in [6, 6.07) is 22.9. The molecule has 3 aromatic carbocycles. The molecule has 0 fully saturated rings. The highest BCUT2D eigenvalue weighted by atomic mass is 35.5. The smallest absolute Gasteiger partial charge is 0.251 e. The number of nitrogens with one attached hydrogen (secondary N) is 1. The minimum atomic E-state index is -0.128. The lowest BCUT2D eigenvalue weighted by Crippen LogP contribution is -2.26. The van der Waals surface area contributed by atoms with Crippen LogP contribution in [-0.4, -0.2) is 28.6 Å². The topological polar surface area (TPSA) is 56.1 Å². The van der Waals surface area contributed by atoms with Gasteiger partial charge in [-0.3, -0.25) is 4.79 Å². The molecule has 0 unspecified atom stereocenters. The molecule has 0 atom stereocenters. The number of allylic oxidation sites excluding steroid dienone is 1. The lowest BCUT2D eigenvalue weighted by molar-refractivity contribution is 0.0954. The number of carbonyl (C=O) groups is 1. The highest BCUT2D eigenvalue weighted by Gasteiger charge is 2.12. The third kappa shape index (κ3) is 5.62. The van der Waals surface area contributed by atoms with Gasteiger partial charge in [0.15, 0.2) is 0 Å². The van der Waals surface area contributed by atoms with Crippen molar-refractivity contribution in [1.29, 1.82) is 0 Å². The van der Waals surface area contributed by atoms with Gasteiger partial charge in [0, 0.05) is 23.6 Å². The molecule has 0 aliphatic heterocycles. The molecule has 1 amide bonds. The van der Waals surface area contributed by atoms with Gasteiger partial charge in [0.2, 0.25) is 0 Å². The Hall–Kier alpha value is -3.57. The quantitative estimate of drug-likeness (QED) is 0.320. The standard InChI is InChI=1S/C27H26ClN3O2/c1-2-7-20-8-3-6-11-25(20)33-19-18-31-24-10-5-4-9-23(24)30-26(31)16-17-29-27(32)21-12-14-22(28)15-13-21/h2-6,8-15H,1,7,16-19H2,(H,29,32). The van der Waals surface area contributed by atoms with E-state index in [1.807, 2.05) is 42.5 Å². The molecule has 6 heteroatoms. The largest absolute Gasteiger partial charge is 0.491 e. The van der Waals surface area contributed by atoms with Gasteiger partial charge in [0.25, 0.3) is 5.91 Å². The zero-order chi connectivity index (χ0) is 23.0. The number of benzene rings is 3. The van der Waals surface area contributed by atoms with Crippen LogP contribution in [0.4, 0.5) is 0 Å². The van der Waals surface area contributed by atoms with E-state index in [1.54, 1.807) is 24.3 Å².